The molecule has 9 heteroatoms. The fraction of sp³-hybridized carbons (Fsp3) is 0.333. The Kier molecular flexibility index (Phi) is 6.13. The number of methoxy groups -OCH3 is 2. The molecule has 8 nitrogen and oxygen atoms in total. The molecule has 0 radical (unpaired) electrons. The predicted molar refractivity (Wildman–Crippen MR) is 123 cm³/mol. The van der Waals surface area contributed by atoms with E-state index in [4.69, 9.17) is 14.2 Å². The minimum Gasteiger partial charge on any atom is -0.496 e. The lowest BCUT2D eigenvalue weighted by atomic mass is 9.87. The number of benzene rings is 2. The van der Waals surface area contributed by atoms with Gasteiger partial charge in [0.15, 0.2) is 5.60 Å². The summed E-state index contributed by atoms with van der Waals surface area (Å²) in [5.41, 5.74) is 1.02. The van der Waals surface area contributed by atoms with Crippen LogP contribution in [-0.4, -0.2) is 46.2 Å². The second-order valence-electron chi connectivity index (χ2n) is 8.11. The second-order valence-corrected chi connectivity index (χ2v) is 9.76. The van der Waals surface area contributed by atoms with Crippen molar-refractivity contribution in [3.05, 3.63) is 65.4 Å². The Hall–Kier alpha value is -3.01. The van der Waals surface area contributed by atoms with E-state index in [0.29, 0.717) is 22.2 Å². The largest absolute Gasteiger partial charge is 0.496 e. The Bertz CT molecular complexity index is 1320. The van der Waals surface area contributed by atoms with Crippen molar-refractivity contribution in [3.63, 3.8) is 0 Å². The van der Waals surface area contributed by atoms with Crippen LogP contribution in [0, 0.1) is 13.8 Å². The van der Waals surface area contributed by atoms with Crippen LogP contribution >= 0.6 is 0 Å². The first-order chi connectivity index (χ1) is 15.7. The van der Waals surface area contributed by atoms with E-state index in [1.54, 1.807) is 36.4 Å². The number of sulfonamides is 1. The molecule has 1 amide bonds. The predicted octanol–water partition coefficient (Wildman–Crippen LogP) is 3.00. The van der Waals surface area contributed by atoms with Crippen molar-refractivity contribution in [2.75, 3.05) is 20.8 Å². The monoisotopic (exact) mass is 470 g/mol. The van der Waals surface area contributed by atoms with E-state index < -0.39 is 21.5 Å². The Balaban J connectivity index is 1.78. The standard InChI is InChI=1S/C24H26N2O6S/c1-15-8-11-21(31-4)19(12-15)24(13-17(30-3)14-32-24)23(27)26-33(28,29)22-7-5-6-20-18(22)10-9-16(2)25-20/h5-12,17H,13-14H2,1-4H3,(H,26,27)/t17-,24-/m1/s1. The van der Waals surface area contributed by atoms with Gasteiger partial charge in [0.25, 0.3) is 15.9 Å². The lowest BCUT2D eigenvalue weighted by Crippen LogP contribution is -2.47. The molecule has 2 heterocycles. The zero-order valence-corrected chi connectivity index (χ0v) is 19.7. The Morgan fingerprint density at radius 3 is 2.64 bits per heavy atom. The van der Waals surface area contributed by atoms with E-state index in [0.717, 1.165) is 11.3 Å². The van der Waals surface area contributed by atoms with E-state index >= 15 is 0 Å². The number of hydrogen-bond donors (Lipinski definition) is 1. The zero-order valence-electron chi connectivity index (χ0n) is 18.9. The summed E-state index contributed by atoms with van der Waals surface area (Å²) >= 11 is 0. The number of carbonyl (C=O) groups is 1. The van der Waals surface area contributed by atoms with Crippen molar-refractivity contribution in [2.24, 2.45) is 0 Å². The Morgan fingerprint density at radius 2 is 1.94 bits per heavy atom. The first kappa shape index (κ1) is 23.2. The molecular formula is C24H26N2O6S. The fourth-order valence-corrected chi connectivity index (χ4v) is 5.39. The Labute approximate surface area is 192 Å². The van der Waals surface area contributed by atoms with Crippen LogP contribution in [0.15, 0.2) is 53.4 Å². The van der Waals surface area contributed by atoms with Gasteiger partial charge in [0.1, 0.15) is 5.75 Å². The van der Waals surface area contributed by atoms with Crippen LogP contribution in [0.25, 0.3) is 10.9 Å². The summed E-state index contributed by atoms with van der Waals surface area (Å²) in [5, 5.41) is 0.424. The molecule has 3 aromatic rings. The molecule has 4 rings (SSSR count). The van der Waals surface area contributed by atoms with Gasteiger partial charge in [0, 0.05) is 30.2 Å². The summed E-state index contributed by atoms with van der Waals surface area (Å²) in [6, 6.07) is 13.5. The molecule has 1 aliphatic heterocycles. The topological polar surface area (TPSA) is 104 Å². The number of hydrogen-bond acceptors (Lipinski definition) is 7. The van der Waals surface area contributed by atoms with Crippen molar-refractivity contribution in [2.45, 2.75) is 36.9 Å². The number of rotatable bonds is 6. The number of nitrogens with zero attached hydrogens (tertiary/aromatic N) is 1. The molecule has 2 aromatic carbocycles. The number of ether oxygens (including phenoxy) is 3. The minimum atomic E-state index is -4.24. The fourth-order valence-electron chi connectivity index (χ4n) is 4.15. The molecule has 1 fully saturated rings. The summed E-state index contributed by atoms with van der Waals surface area (Å²) in [5.74, 6) is -0.377. The second kappa shape index (κ2) is 8.74. The number of nitrogens with one attached hydrogen (secondary N) is 1. The van der Waals surface area contributed by atoms with E-state index in [1.165, 1.54) is 20.3 Å². The molecule has 0 aliphatic carbocycles. The highest BCUT2D eigenvalue weighted by atomic mass is 32.2. The molecule has 0 bridgehead atoms. The molecule has 1 N–H and O–H groups in total. The lowest BCUT2D eigenvalue weighted by molar-refractivity contribution is -0.140. The molecule has 1 aliphatic rings. The molecule has 0 saturated carbocycles. The quantitative estimate of drug-likeness (QED) is 0.591. The van der Waals surface area contributed by atoms with Crippen LogP contribution in [0.3, 0.4) is 0 Å². The van der Waals surface area contributed by atoms with Crippen LogP contribution in [0.2, 0.25) is 0 Å². The van der Waals surface area contributed by atoms with Crippen molar-refractivity contribution in [1.82, 2.24) is 9.71 Å². The molecule has 1 saturated heterocycles. The SMILES string of the molecule is COc1ccc(C)cc1[C@@]1(C(=O)NS(=O)(=O)c2cccc3nc(C)ccc23)C[C@@H](OC)CO1. The van der Waals surface area contributed by atoms with Gasteiger partial charge >= 0.3 is 0 Å². The molecule has 33 heavy (non-hydrogen) atoms. The Morgan fingerprint density at radius 1 is 1.15 bits per heavy atom. The van der Waals surface area contributed by atoms with Gasteiger partial charge in [-0.15, -0.1) is 0 Å². The molecule has 1 aromatic heterocycles. The van der Waals surface area contributed by atoms with E-state index in [2.05, 4.69) is 9.71 Å². The van der Waals surface area contributed by atoms with Gasteiger partial charge in [-0.1, -0.05) is 17.7 Å². The highest BCUT2D eigenvalue weighted by Gasteiger charge is 2.51. The number of fused-ring (bicyclic) bond motifs is 1. The van der Waals surface area contributed by atoms with Gasteiger partial charge in [0.2, 0.25) is 0 Å². The van der Waals surface area contributed by atoms with Crippen molar-refractivity contribution < 1.29 is 27.4 Å². The van der Waals surface area contributed by atoms with Crippen LogP contribution in [-0.2, 0) is 29.9 Å². The molecule has 0 unspecified atom stereocenters. The number of pyridine rings is 1. The number of carbonyl (C=O) groups excluding carboxylic acids is 1. The summed E-state index contributed by atoms with van der Waals surface area (Å²) in [6.07, 6.45) is -0.241. The van der Waals surface area contributed by atoms with Crippen LogP contribution < -0.4 is 9.46 Å². The smallest absolute Gasteiger partial charge is 0.270 e. The first-order valence-corrected chi connectivity index (χ1v) is 11.9. The molecule has 0 spiro atoms. The van der Waals surface area contributed by atoms with E-state index in [-0.39, 0.29) is 24.0 Å². The highest BCUT2D eigenvalue weighted by molar-refractivity contribution is 7.90. The molecular weight excluding hydrogens is 444 g/mol. The first-order valence-electron chi connectivity index (χ1n) is 10.5. The number of aromatic nitrogens is 1. The third-order valence-corrected chi connectivity index (χ3v) is 7.26. The summed E-state index contributed by atoms with van der Waals surface area (Å²) in [6.45, 7) is 3.84. The maximum atomic E-state index is 13.6. The van der Waals surface area contributed by atoms with Gasteiger partial charge < -0.3 is 14.2 Å². The molecule has 174 valence electrons. The van der Waals surface area contributed by atoms with Gasteiger partial charge in [0.05, 0.1) is 30.2 Å². The maximum absolute atomic E-state index is 13.6. The third-order valence-electron chi connectivity index (χ3n) is 5.87. The minimum absolute atomic E-state index is 0.0338. The molecule has 2 atom stereocenters. The summed E-state index contributed by atoms with van der Waals surface area (Å²) in [4.78, 5) is 18.0. The van der Waals surface area contributed by atoms with Crippen molar-refractivity contribution in [3.8, 4) is 5.75 Å². The number of aryl methyl sites for hydroxylation is 2. The van der Waals surface area contributed by atoms with E-state index in [1.807, 2.05) is 19.9 Å². The van der Waals surface area contributed by atoms with Gasteiger partial charge in [-0.2, -0.15) is 0 Å². The third kappa shape index (κ3) is 4.19. The number of amides is 1. The van der Waals surface area contributed by atoms with Crippen molar-refractivity contribution in [1.29, 1.82) is 0 Å². The summed E-state index contributed by atoms with van der Waals surface area (Å²) in [7, 11) is -1.22. The van der Waals surface area contributed by atoms with Gasteiger partial charge in [-0.05, 0) is 50.2 Å². The average Bonchev–Trinajstić information content (AvgIpc) is 3.24. The van der Waals surface area contributed by atoms with Crippen LogP contribution in [0.4, 0.5) is 0 Å². The normalized spacial score (nSPS) is 20.7. The van der Waals surface area contributed by atoms with E-state index in [9.17, 15) is 13.2 Å². The van der Waals surface area contributed by atoms with Crippen LogP contribution in [0.1, 0.15) is 23.2 Å². The summed E-state index contributed by atoms with van der Waals surface area (Å²) < 4.78 is 45.9. The van der Waals surface area contributed by atoms with Crippen LogP contribution in [0.5, 0.6) is 5.75 Å². The lowest BCUT2D eigenvalue weighted by Gasteiger charge is -2.29. The zero-order chi connectivity index (χ0) is 23.8. The van der Waals surface area contributed by atoms with Crippen molar-refractivity contribution >= 4 is 26.8 Å². The average molecular weight is 471 g/mol. The van der Waals surface area contributed by atoms with Gasteiger partial charge in [-0.3, -0.25) is 9.78 Å². The highest BCUT2D eigenvalue weighted by Crippen LogP contribution is 2.42. The maximum Gasteiger partial charge on any atom is 0.270 e. The van der Waals surface area contributed by atoms with Gasteiger partial charge in [-0.25, -0.2) is 13.1 Å².